The van der Waals surface area contributed by atoms with Crippen LogP contribution in [0, 0.1) is 5.82 Å². The van der Waals surface area contributed by atoms with Gasteiger partial charge in [-0.3, -0.25) is 4.79 Å². The molecule has 0 spiro atoms. The van der Waals surface area contributed by atoms with Crippen molar-refractivity contribution in [2.75, 3.05) is 31.6 Å². The van der Waals surface area contributed by atoms with Gasteiger partial charge in [0.2, 0.25) is 10.0 Å². The maximum Gasteiger partial charge on any atom is 0.255 e. The minimum absolute atomic E-state index is 0.0627. The second kappa shape index (κ2) is 9.60. The molecule has 3 aromatic rings. The summed E-state index contributed by atoms with van der Waals surface area (Å²) in [6, 6.07) is 20.6. The van der Waals surface area contributed by atoms with Crippen molar-refractivity contribution < 1.29 is 22.3 Å². The molecular formula is C24H23FN2O4S. The Morgan fingerprint density at radius 2 is 1.66 bits per heavy atom. The predicted octanol–water partition coefficient (Wildman–Crippen LogP) is 3.69. The molecule has 6 nitrogen and oxygen atoms in total. The summed E-state index contributed by atoms with van der Waals surface area (Å²) in [7, 11) is -4.07. The third-order valence-electron chi connectivity index (χ3n) is 5.28. The number of nitrogens with one attached hydrogen (secondary N) is 1. The van der Waals surface area contributed by atoms with Gasteiger partial charge >= 0.3 is 0 Å². The van der Waals surface area contributed by atoms with Crippen LogP contribution in [0.4, 0.5) is 10.1 Å². The van der Waals surface area contributed by atoms with Crippen LogP contribution in [-0.2, 0) is 21.2 Å². The molecule has 0 saturated carbocycles. The number of carbonyl (C=O) groups excluding carboxylic acids is 1. The van der Waals surface area contributed by atoms with Gasteiger partial charge in [-0.05, 0) is 41.8 Å². The van der Waals surface area contributed by atoms with Gasteiger partial charge in [-0.15, -0.1) is 0 Å². The lowest BCUT2D eigenvalue weighted by Crippen LogP contribution is -2.41. The van der Waals surface area contributed by atoms with Crippen molar-refractivity contribution in [3.8, 4) is 0 Å². The fraction of sp³-hybridized carbons (Fsp3) is 0.208. The van der Waals surface area contributed by atoms with E-state index in [1.807, 2.05) is 48.5 Å². The van der Waals surface area contributed by atoms with Crippen molar-refractivity contribution in [2.45, 2.75) is 11.3 Å². The highest BCUT2D eigenvalue weighted by atomic mass is 32.2. The van der Waals surface area contributed by atoms with E-state index in [-0.39, 0.29) is 31.9 Å². The minimum atomic E-state index is -4.07. The van der Waals surface area contributed by atoms with Crippen molar-refractivity contribution in [2.24, 2.45) is 0 Å². The number of para-hydroxylation sites is 1. The first-order valence-electron chi connectivity index (χ1n) is 10.3. The molecule has 3 aromatic carbocycles. The number of amides is 1. The lowest BCUT2D eigenvalue weighted by Gasteiger charge is -2.26. The summed E-state index contributed by atoms with van der Waals surface area (Å²) < 4.78 is 46.6. The summed E-state index contributed by atoms with van der Waals surface area (Å²) >= 11 is 0. The number of hydrogen-bond acceptors (Lipinski definition) is 4. The molecule has 1 aliphatic rings. The van der Waals surface area contributed by atoms with Gasteiger partial charge in [-0.25, -0.2) is 12.8 Å². The average molecular weight is 455 g/mol. The van der Waals surface area contributed by atoms with E-state index >= 15 is 0 Å². The molecule has 1 saturated heterocycles. The van der Waals surface area contributed by atoms with Crippen molar-refractivity contribution in [1.29, 1.82) is 0 Å². The van der Waals surface area contributed by atoms with Crippen molar-refractivity contribution in [1.82, 2.24) is 4.31 Å². The summed E-state index contributed by atoms with van der Waals surface area (Å²) in [4.78, 5) is 12.4. The fourth-order valence-electron chi connectivity index (χ4n) is 3.57. The SMILES string of the molecule is O=C(Nc1ccccc1Cc1ccccc1)c1ccc(F)c(S(=O)(=O)N2CCOCC2)c1. The highest BCUT2D eigenvalue weighted by Gasteiger charge is 2.29. The Balaban J connectivity index is 1.58. The van der Waals surface area contributed by atoms with Crippen LogP contribution in [0.1, 0.15) is 21.5 Å². The number of morpholine rings is 1. The van der Waals surface area contributed by atoms with E-state index in [2.05, 4.69) is 5.32 Å². The highest BCUT2D eigenvalue weighted by molar-refractivity contribution is 7.89. The molecule has 0 aromatic heterocycles. The molecule has 0 unspecified atom stereocenters. The number of rotatable bonds is 6. The summed E-state index contributed by atoms with van der Waals surface area (Å²) in [5, 5.41) is 2.83. The van der Waals surface area contributed by atoms with Gasteiger partial charge in [0.05, 0.1) is 13.2 Å². The minimum Gasteiger partial charge on any atom is -0.379 e. The monoisotopic (exact) mass is 454 g/mol. The molecule has 8 heteroatoms. The fourth-order valence-corrected chi connectivity index (χ4v) is 5.07. The number of benzene rings is 3. The number of ether oxygens (including phenoxy) is 1. The quantitative estimate of drug-likeness (QED) is 0.617. The Kier molecular flexibility index (Phi) is 6.64. The first-order chi connectivity index (χ1) is 15.4. The normalized spacial score (nSPS) is 14.8. The largest absolute Gasteiger partial charge is 0.379 e. The van der Waals surface area contributed by atoms with Crippen LogP contribution in [0.2, 0.25) is 0 Å². The van der Waals surface area contributed by atoms with Gasteiger partial charge < -0.3 is 10.1 Å². The predicted molar refractivity (Wildman–Crippen MR) is 120 cm³/mol. The van der Waals surface area contributed by atoms with Crippen LogP contribution in [-0.4, -0.2) is 44.9 Å². The van der Waals surface area contributed by atoms with E-state index in [0.29, 0.717) is 12.1 Å². The zero-order chi connectivity index (χ0) is 22.6. The van der Waals surface area contributed by atoms with Crippen molar-refractivity contribution in [3.05, 3.63) is 95.3 Å². The number of carbonyl (C=O) groups is 1. The number of nitrogens with zero attached hydrogens (tertiary/aromatic N) is 1. The van der Waals surface area contributed by atoms with Crippen molar-refractivity contribution in [3.63, 3.8) is 0 Å². The molecule has 1 N–H and O–H groups in total. The Morgan fingerprint density at radius 3 is 2.41 bits per heavy atom. The maximum absolute atomic E-state index is 14.4. The van der Waals surface area contributed by atoms with Crippen LogP contribution in [0.5, 0.6) is 0 Å². The highest BCUT2D eigenvalue weighted by Crippen LogP contribution is 2.24. The number of halogens is 1. The van der Waals surface area contributed by atoms with Crippen LogP contribution in [0.3, 0.4) is 0 Å². The zero-order valence-electron chi connectivity index (χ0n) is 17.3. The third-order valence-corrected chi connectivity index (χ3v) is 7.20. The third kappa shape index (κ3) is 4.88. The van der Waals surface area contributed by atoms with Gasteiger partial charge in [0.1, 0.15) is 10.7 Å². The molecule has 1 fully saturated rings. The molecule has 0 bridgehead atoms. The lowest BCUT2D eigenvalue weighted by atomic mass is 10.0. The second-order valence-electron chi connectivity index (χ2n) is 7.44. The Bertz CT molecular complexity index is 1210. The first-order valence-corrected chi connectivity index (χ1v) is 11.7. The van der Waals surface area contributed by atoms with Gasteiger partial charge in [-0.2, -0.15) is 4.31 Å². The smallest absolute Gasteiger partial charge is 0.255 e. The molecule has 0 aliphatic carbocycles. The number of sulfonamides is 1. The summed E-state index contributed by atoms with van der Waals surface area (Å²) in [6.45, 7) is 0.786. The van der Waals surface area contributed by atoms with Crippen molar-refractivity contribution >= 4 is 21.6 Å². The molecule has 1 amide bonds. The van der Waals surface area contributed by atoms with Gasteiger partial charge in [0.15, 0.2) is 0 Å². The Labute approximate surface area is 186 Å². The van der Waals surface area contributed by atoms with Gasteiger partial charge in [-0.1, -0.05) is 48.5 Å². The topological polar surface area (TPSA) is 75.7 Å². The van der Waals surface area contributed by atoms with E-state index in [9.17, 15) is 17.6 Å². The van der Waals surface area contributed by atoms with Crippen LogP contribution in [0.25, 0.3) is 0 Å². The van der Waals surface area contributed by atoms with E-state index in [1.165, 1.54) is 10.4 Å². The first kappa shape index (κ1) is 22.1. The molecule has 0 radical (unpaired) electrons. The zero-order valence-corrected chi connectivity index (χ0v) is 18.1. The molecule has 32 heavy (non-hydrogen) atoms. The van der Waals surface area contributed by atoms with E-state index < -0.39 is 26.6 Å². The van der Waals surface area contributed by atoms with Crippen LogP contribution in [0.15, 0.2) is 77.7 Å². The summed E-state index contributed by atoms with van der Waals surface area (Å²) in [5.74, 6) is -1.40. The standard InChI is InChI=1S/C24H23FN2O4S/c25-21-11-10-20(17-23(21)32(29,30)27-12-14-31-15-13-27)24(28)26-22-9-5-4-8-19(22)16-18-6-2-1-3-7-18/h1-11,17H,12-16H2,(H,26,28). The van der Waals surface area contributed by atoms with E-state index in [0.717, 1.165) is 23.3 Å². The van der Waals surface area contributed by atoms with E-state index in [1.54, 1.807) is 6.07 Å². The molecular weight excluding hydrogens is 431 g/mol. The summed E-state index contributed by atoms with van der Waals surface area (Å²) in [5.41, 5.74) is 2.68. The van der Waals surface area contributed by atoms with E-state index in [4.69, 9.17) is 4.74 Å². The lowest BCUT2D eigenvalue weighted by molar-refractivity contribution is 0.0729. The van der Waals surface area contributed by atoms with Crippen LogP contribution < -0.4 is 5.32 Å². The summed E-state index contributed by atoms with van der Waals surface area (Å²) in [6.07, 6.45) is 0.622. The molecule has 166 valence electrons. The maximum atomic E-state index is 14.4. The number of anilines is 1. The van der Waals surface area contributed by atoms with Crippen LogP contribution >= 0.6 is 0 Å². The molecule has 1 aliphatic heterocycles. The Hall–Kier alpha value is -3.07. The molecule has 4 rings (SSSR count). The molecule has 1 heterocycles. The number of hydrogen-bond donors (Lipinski definition) is 1. The van der Waals surface area contributed by atoms with Gasteiger partial charge in [0, 0.05) is 24.3 Å². The Morgan fingerprint density at radius 1 is 0.969 bits per heavy atom. The van der Waals surface area contributed by atoms with Gasteiger partial charge in [0.25, 0.3) is 5.91 Å². The second-order valence-corrected chi connectivity index (χ2v) is 9.34. The molecule has 0 atom stereocenters. The average Bonchev–Trinajstić information content (AvgIpc) is 2.82.